The lowest BCUT2D eigenvalue weighted by atomic mass is 10.0. The summed E-state index contributed by atoms with van der Waals surface area (Å²) in [6.45, 7) is 10.1. The lowest BCUT2D eigenvalue weighted by Gasteiger charge is -2.40. The first-order chi connectivity index (χ1) is 19.5. The van der Waals surface area contributed by atoms with Crippen molar-refractivity contribution >= 4 is 17.9 Å². The van der Waals surface area contributed by atoms with E-state index in [0.717, 1.165) is 25.8 Å². The second-order valence-electron chi connectivity index (χ2n) is 12.6. The highest BCUT2D eigenvalue weighted by molar-refractivity contribution is 5.70. The first-order valence-electron chi connectivity index (χ1n) is 16.7. The molecular weight excluding hydrogens is 518 g/mol. The zero-order valence-electron chi connectivity index (χ0n) is 27.0. The lowest BCUT2D eigenvalue weighted by molar-refractivity contribution is -0.929. The summed E-state index contributed by atoms with van der Waals surface area (Å²) in [7, 11) is 0. The van der Waals surface area contributed by atoms with E-state index in [-0.39, 0.29) is 0 Å². The van der Waals surface area contributed by atoms with Crippen LogP contribution in [0.3, 0.4) is 0 Å². The number of hydrogen-bond acceptors (Lipinski definition) is 3. The van der Waals surface area contributed by atoms with Gasteiger partial charge in [-0.15, -0.1) is 0 Å². The fourth-order valence-electron chi connectivity index (χ4n) is 5.32. The monoisotopic (exact) mass is 582 g/mol. The minimum atomic E-state index is -0.825. The maximum absolute atomic E-state index is 11.5. The van der Waals surface area contributed by atoms with Crippen LogP contribution >= 0.6 is 0 Å². The third-order valence-electron chi connectivity index (χ3n) is 8.77. The first kappa shape index (κ1) is 39.1. The highest BCUT2D eigenvalue weighted by Crippen LogP contribution is 2.22. The van der Waals surface area contributed by atoms with Crippen molar-refractivity contribution in [2.45, 2.75) is 143 Å². The van der Waals surface area contributed by atoms with Crippen LogP contribution in [0.4, 0.5) is 0 Å². The van der Waals surface area contributed by atoms with Gasteiger partial charge in [0.15, 0.2) is 0 Å². The minimum Gasteiger partial charge on any atom is -0.481 e. The fourth-order valence-corrected chi connectivity index (χ4v) is 5.32. The zero-order chi connectivity index (χ0) is 30.9. The van der Waals surface area contributed by atoms with Gasteiger partial charge in [0, 0.05) is 19.3 Å². The molecule has 41 heavy (non-hydrogen) atoms. The summed E-state index contributed by atoms with van der Waals surface area (Å²) < 4.78 is 0.609. The number of aliphatic carboxylic acids is 3. The second kappa shape index (κ2) is 24.7. The Morgan fingerprint density at radius 2 is 0.829 bits per heavy atom. The van der Waals surface area contributed by atoms with Gasteiger partial charge in [-0.1, -0.05) is 97.6 Å². The van der Waals surface area contributed by atoms with Crippen LogP contribution < -0.4 is 0 Å². The van der Waals surface area contributed by atoms with E-state index in [1.165, 1.54) is 77.0 Å². The minimum absolute atomic E-state index is 0.480. The summed E-state index contributed by atoms with van der Waals surface area (Å²) in [6, 6.07) is 0. The Balaban J connectivity index is 4.60. The zero-order valence-corrected chi connectivity index (χ0v) is 27.0. The Hall–Kier alpha value is -1.89. The van der Waals surface area contributed by atoms with Gasteiger partial charge in [0.2, 0.25) is 0 Å². The first-order valence-corrected chi connectivity index (χ1v) is 16.7. The Morgan fingerprint density at radius 1 is 0.512 bits per heavy atom. The smallest absolute Gasteiger partial charge is 0.306 e. The van der Waals surface area contributed by atoms with Gasteiger partial charge in [-0.3, -0.25) is 14.4 Å². The standard InChI is InChI=1S/C34H63NO6/c1-5-6-7-8-9-10-11-12-13-14-15-16-17-18-19-20-21-25-35(26-22-29(2)32(36)37,27-23-30(3)33(38)39)28-24-31(4)34(40)41/h12-13,29-31H,5-11,14-28H2,1-4H3,(H2-,36,37,38,39,40,41)/p+1/b13-12+. The molecule has 0 saturated heterocycles. The number of carboxylic acids is 3. The number of rotatable bonds is 29. The van der Waals surface area contributed by atoms with E-state index in [2.05, 4.69) is 19.1 Å². The van der Waals surface area contributed by atoms with Gasteiger partial charge in [0.25, 0.3) is 0 Å². The van der Waals surface area contributed by atoms with Crippen molar-refractivity contribution in [3.63, 3.8) is 0 Å². The molecule has 0 radical (unpaired) electrons. The largest absolute Gasteiger partial charge is 0.481 e. The Bertz CT molecular complexity index is 662. The molecule has 0 aromatic rings. The van der Waals surface area contributed by atoms with E-state index >= 15 is 0 Å². The Kier molecular flexibility index (Phi) is 23.5. The maximum Gasteiger partial charge on any atom is 0.306 e. The molecule has 0 heterocycles. The van der Waals surface area contributed by atoms with Gasteiger partial charge in [-0.25, -0.2) is 0 Å². The second-order valence-corrected chi connectivity index (χ2v) is 12.6. The number of nitrogens with zero attached hydrogens (tertiary/aromatic N) is 1. The van der Waals surface area contributed by atoms with E-state index in [4.69, 9.17) is 0 Å². The molecule has 0 aliphatic rings. The van der Waals surface area contributed by atoms with Crippen molar-refractivity contribution < 1.29 is 34.2 Å². The third-order valence-corrected chi connectivity index (χ3v) is 8.77. The number of quaternary nitrogens is 1. The number of allylic oxidation sites excluding steroid dienone is 2. The normalized spacial score (nSPS) is 15.4. The molecule has 0 saturated carbocycles. The summed E-state index contributed by atoms with van der Waals surface area (Å²) in [4.78, 5) is 34.5. The molecule has 3 N–H and O–H groups in total. The van der Waals surface area contributed by atoms with Gasteiger partial charge in [0.05, 0.1) is 43.9 Å². The molecule has 240 valence electrons. The van der Waals surface area contributed by atoms with Gasteiger partial charge in [-0.05, 0) is 38.5 Å². The molecule has 0 rings (SSSR count). The number of unbranched alkanes of at least 4 members (excludes halogenated alkanes) is 13. The van der Waals surface area contributed by atoms with Crippen molar-refractivity contribution in [3.8, 4) is 0 Å². The van der Waals surface area contributed by atoms with Gasteiger partial charge in [-0.2, -0.15) is 0 Å². The van der Waals surface area contributed by atoms with Gasteiger partial charge in [0.1, 0.15) is 0 Å². The number of carbonyl (C=O) groups is 3. The molecular formula is C34H64NO6+. The average molecular weight is 583 g/mol. The predicted octanol–water partition coefficient (Wildman–Crippen LogP) is 8.56. The molecule has 0 bridgehead atoms. The van der Waals surface area contributed by atoms with Gasteiger partial charge < -0.3 is 19.8 Å². The Labute approximate surface area is 251 Å². The van der Waals surface area contributed by atoms with E-state index in [9.17, 15) is 29.7 Å². The summed E-state index contributed by atoms with van der Waals surface area (Å²) in [5, 5.41) is 28.3. The molecule has 0 aliphatic carbocycles. The number of hydrogen-bond donors (Lipinski definition) is 3. The molecule has 3 unspecified atom stereocenters. The van der Waals surface area contributed by atoms with E-state index in [0.29, 0.717) is 43.4 Å². The molecule has 0 aromatic heterocycles. The van der Waals surface area contributed by atoms with Crippen LogP contribution in [0.5, 0.6) is 0 Å². The van der Waals surface area contributed by atoms with E-state index in [1.54, 1.807) is 20.8 Å². The van der Waals surface area contributed by atoms with Crippen LogP contribution in [0.1, 0.15) is 143 Å². The Morgan fingerprint density at radius 3 is 1.17 bits per heavy atom. The highest BCUT2D eigenvalue weighted by atomic mass is 16.4. The van der Waals surface area contributed by atoms with Crippen LogP contribution in [0.15, 0.2) is 12.2 Å². The predicted molar refractivity (Wildman–Crippen MR) is 168 cm³/mol. The van der Waals surface area contributed by atoms with Crippen molar-refractivity contribution in [1.82, 2.24) is 0 Å². The summed E-state index contributed by atoms with van der Waals surface area (Å²) in [5.41, 5.74) is 0. The van der Waals surface area contributed by atoms with Crippen LogP contribution in [0.2, 0.25) is 0 Å². The van der Waals surface area contributed by atoms with E-state index < -0.39 is 35.7 Å². The van der Waals surface area contributed by atoms with Crippen molar-refractivity contribution in [2.75, 3.05) is 26.2 Å². The molecule has 0 amide bonds. The van der Waals surface area contributed by atoms with E-state index in [1.807, 2.05) is 0 Å². The summed E-state index contributed by atoms with van der Waals surface area (Å²) >= 11 is 0. The van der Waals surface area contributed by atoms with Crippen molar-refractivity contribution in [3.05, 3.63) is 12.2 Å². The summed E-state index contributed by atoms with van der Waals surface area (Å²) in [5.74, 6) is -3.91. The molecule has 0 aromatic carbocycles. The molecule has 0 spiro atoms. The lowest BCUT2D eigenvalue weighted by Crippen LogP contribution is -2.52. The quantitative estimate of drug-likeness (QED) is 0.0463. The van der Waals surface area contributed by atoms with Crippen molar-refractivity contribution in [1.29, 1.82) is 0 Å². The number of carboxylic acid groups (broad SMARTS) is 3. The maximum atomic E-state index is 11.5. The SMILES string of the molecule is CCCCCCCC/C=C/CCCCCCCCC[N+](CCC(C)C(=O)O)(CCC(C)C(=O)O)CCC(C)C(=O)O. The van der Waals surface area contributed by atoms with Crippen LogP contribution in [0, 0.1) is 17.8 Å². The topological polar surface area (TPSA) is 112 Å². The van der Waals surface area contributed by atoms with Crippen molar-refractivity contribution in [2.24, 2.45) is 17.8 Å². The molecule has 7 nitrogen and oxygen atoms in total. The van der Waals surface area contributed by atoms with Crippen LogP contribution in [-0.2, 0) is 14.4 Å². The average Bonchev–Trinajstić information content (AvgIpc) is 2.94. The fraction of sp³-hybridized carbons (Fsp3) is 0.853. The molecule has 0 fully saturated rings. The highest BCUT2D eigenvalue weighted by Gasteiger charge is 2.31. The summed E-state index contributed by atoms with van der Waals surface area (Å²) in [6.07, 6.45) is 24.9. The third kappa shape index (κ3) is 21.5. The van der Waals surface area contributed by atoms with Crippen LogP contribution in [0.25, 0.3) is 0 Å². The molecule has 7 heteroatoms. The van der Waals surface area contributed by atoms with Crippen LogP contribution in [-0.4, -0.2) is 63.9 Å². The molecule has 0 aliphatic heterocycles. The molecule has 3 atom stereocenters. The van der Waals surface area contributed by atoms with Gasteiger partial charge >= 0.3 is 17.9 Å².